The summed E-state index contributed by atoms with van der Waals surface area (Å²) in [6.45, 7) is 8.44. The van der Waals surface area contributed by atoms with Crippen LogP contribution in [0.15, 0.2) is 54.6 Å². The molecule has 0 aliphatic rings. The first-order chi connectivity index (χ1) is 12.3. The number of hydrogen-bond acceptors (Lipinski definition) is 2. The largest absolute Gasteiger partial charge is 0.337 e. The first-order valence-corrected chi connectivity index (χ1v) is 9.13. The summed E-state index contributed by atoms with van der Waals surface area (Å²) in [5.74, 6) is -0.161. The van der Waals surface area contributed by atoms with Gasteiger partial charge in [0, 0.05) is 12.1 Å². The van der Waals surface area contributed by atoms with Crippen LogP contribution in [-0.2, 0) is 4.79 Å². The maximum absolute atomic E-state index is 13.4. The van der Waals surface area contributed by atoms with Crippen LogP contribution in [0.3, 0.4) is 0 Å². The van der Waals surface area contributed by atoms with Gasteiger partial charge in [-0.05, 0) is 58.0 Å². The van der Waals surface area contributed by atoms with E-state index in [0.29, 0.717) is 6.54 Å². The van der Waals surface area contributed by atoms with Gasteiger partial charge in [0.1, 0.15) is 5.82 Å². The number of halogens is 1. The normalized spacial score (nSPS) is 12.7. The fourth-order valence-corrected chi connectivity index (χ4v) is 3.54. The molecule has 0 radical (unpaired) electrons. The highest BCUT2D eigenvalue weighted by Gasteiger charge is 2.26. The second-order valence-corrected chi connectivity index (χ2v) is 7.27. The predicted octanol–water partition coefficient (Wildman–Crippen LogP) is 4.49. The number of likely N-dealkylation sites (N-methyl/N-ethyl adjacent to an activating group) is 1. The van der Waals surface area contributed by atoms with E-state index in [4.69, 9.17) is 0 Å². The Hall–Kier alpha value is -2.20. The number of rotatable bonds is 7. The predicted molar refractivity (Wildman–Crippen MR) is 104 cm³/mol. The number of hydrogen-bond donors (Lipinski definition) is 0. The maximum atomic E-state index is 13.4. The third kappa shape index (κ3) is 4.92. The van der Waals surface area contributed by atoms with E-state index in [2.05, 4.69) is 0 Å². The highest BCUT2D eigenvalue weighted by Crippen LogP contribution is 2.28. The summed E-state index contributed by atoms with van der Waals surface area (Å²) in [7, 11) is 1.94. The molecule has 0 aliphatic heterocycles. The minimum Gasteiger partial charge on any atom is -0.337 e. The molecule has 1 amide bonds. The number of nitrogens with zero attached hydrogens (tertiary/aromatic N) is 2. The molecule has 0 saturated carbocycles. The molecule has 0 fully saturated rings. The fraction of sp³-hybridized carbons (Fsp3) is 0.409. The third-order valence-electron chi connectivity index (χ3n) is 4.53. The molecule has 26 heavy (non-hydrogen) atoms. The van der Waals surface area contributed by atoms with Gasteiger partial charge in [-0.3, -0.25) is 9.69 Å². The molecule has 0 spiro atoms. The Labute approximate surface area is 156 Å². The molecule has 0 heterocycles. The lowest BCUT2D eigenvalue weighted by molar-refractivity contribution is -0.136. The van der Waals surface area contributed by atoms with Gasteiger partial charge in [0.2, 0.25) is 5.91 Å². The Morgan fingerprint density at radius 3 is 1.88 bits per heavy atom. The van der Waals surface area contributed by atoms with E-state index < -0.39 is 0 Å². The van der Waals surface area contributed by atoms with Crippen molar-refractivity contribution in [3.05, 3.63) is 71.5 Å². The topological polar surface area (TPSA) is 23.6 Å². The average Bonchev–Trinajstić information content (AvgIpc) is 2.57. The summed E-state index contributed by atoms with van der Waals surface area (Å²) in [5.41, 5.74) is 2.04. The van der Waals surface area contributed by atoms with Gasteiger partial charge in [-0.1, -0.05) is 42.5 Å². The Kier molecular flexibility index (Phi) is 6.92. The molecule has 2 rings (SSSR count). The van der Waals surface area contributed by atoms with Crippen LogP contribution in [0.2, 0.25) is 0 Å². The van der Waals surface area contributed by atoms with Crippen molar-refractivity contribution >= 4 is 5.91 Å². The van der Waals surface area contributed by atoms with Gasteiger partial charge in [0.15, 0.2) is 0 Å². The molecule has 0 aliphatic carbocycles. The van der Waals surface area contributed by atoms with Gasteiger partial charge in [-0.2, -0.15) is 0 Å². The first-order valence-electron chi connectivity index (χ1n) is 9.13. The summed E-state index contributed by atoms with van der Waals surface area (Å²) >= 11 is 0. The molecule has 2 aromatic carbocycles. The van der Waals surface area contributed by atoms with Crippen molar-refractivity contribution in [2.45, 2.75) is 45.8 Å². The van der Waals surface area contributed by atoms with Crippen LogP contribution < -0.4 is 0 Å². The molecule has 4 heteroatoms. The van der Waals surface area contributed by atoms with Crippen LogP contribution >= 0.6 is 0 Å². The second kappa shape index (κ2) is 8.95. The summed E-state index contributed by atoms with van der Waals surface area (Å²) in [6.07, 6.45) is 0. The maximum Gasteiger partial charge on any atom is 0.237 e. The van der Waals surface area contributed by atoms with Crippen molar-refractivity contribution in [2.75, 3.05) is 13.6 Å². The fourth-order valence-electron chi connectivity index (χ4n) is 3.54. The van der Waals surface area contributed by atoms with Crippen molar-refractivity contribution in [3.8, 4) is 0 Å². The van der Waals surface area contributed by atoms with E-state index in [9.17, 15) is 9.18 Å². The quantitative estimate of drug-likeness (QED) is 0.730. The zero-order valence-electron chi connectivity index (χ0n) is 16.3. The van der Waals surface area contributed by atoms with Crippen molar-refractivity contribution in [1.82, 2.24) is 9.80 Å². The highest BCUT2D eigenvalue weighted by molar-refractivity contribution is 5.79. The van der Waals surface area contributed by atoms with Crippen molar-refractivity contribution in [2.24, 2.45) is 0 Å². The van der Waals surface area contributed by atoms with Crippen LogP contribution in [0.25, 0.3) is 0 Å². The number of benzene rings is 2. The first kappa shape index (κ1) is 20.1. The zero-order valence-corrected chi connectivity index (χ0v) is 16.3. The van der Waals surface area contributed by atoms with Gasteiger partial charge in [-0.15, -0.1) is 0 Å². The number of carbonyl (C=O) groups excluding carboxylic acids is 1. The molecular formula is C22H29FN2O. The number of amides is 1. The highest BCUT2D eigenvalue weighted by atomic mass is 19.1. The lowest BCUT2D eigenvalue weighted by Crippen LogP contribution is -2.47. The molecular weight excluding hydrogens is 327 g/mol. The minimum absolute atomic E-state index is 0.0977. The van der Waals surface area contributed by atoms with Crippen LogP contribution in [0.5, 0.6) is 0 Å². The Morgan fingerprint density at radius 1 is 0.885 bits per heavy atom. The zero-order chi connectivity index (χ0) is 19.3. The SMILES string of the molecule is CC(C)N(C(=O)CN(C)C(c1ccccc1)c1ccc(F)cc1)C(C)C. The van der Waals surface area contributed by atoms with E-state index in [0.717, 1.165) is 11.1 Å². The smallest absolute Gasteiger partial charge is 0.237 e. The van der Waals surface area contributed by atoms with Crippen LogP contribution in [0, 0.1) is 5.82 Å². The van der Waals surface area contributed by atoms with E-state index in [1.807, 2.05) is 74.9 Å². The van der Waals surface area contributed by atoms with E-state index in [-0.39, 0.29) is 29.8 Å². The summed E-state index contributed by atoms with van der Waals surface area (Å²) in [5, 5.41) is 0. The van der Waals surface area contributed by atoms with Gasteiger partial charge in [-0.25, -0.2) is 4.39 Å². The molecule has 0 N–H and O–H groups in total. The van der Waals surface area contributed by atoms with Gasteiger partial charge < -0.3 is 4.90 Å². The lowest BCUT2D eigenvalue weighted by atomic mass is 9.97. The van der Waals surface area contributed by atoms with E-state index >= 15 is 0 Å². The van der Waals surface area contributed by atoms with E-state index in [1.54, 1.807) is 12.1 Å². The molecule has 2 aromatic rings. The van der Waals surface area contributed by atoms with Crippen molar-refractivity contribution in [1.29, 1.82) is 0 Å². The second-order valence-electron chi connectivity index (χ2n) is 7.27. The van der Waals surface area contributed by atoms with Gasteiger partial charge in [0.05, 0.1) is 12.6 Å². The Bertz CT molecular complexity index is 690. The standard InChI is InChI=1S/C22H29FN2O/c1-16(2)25(17(3)4)21(26)15-24(5)22(18-9-7-6-8-10-18)19-11-13-20(23)14-12-19/h6-14,16-17,22H,15H2,1-5H3. The van der Waals surface area contributed by atoms with Crippen LogP contribution in [0.1, 0.15) is 44.9 Å². The summed E-state index contributed by atoms with van der Waals surface area (Å²) in [6, 6.07) is 16.7. The molecule has 1 atom stereocenters. The molecule has 0 aromatic heterocycles. The molecule has 3 nitrogen and oxygen atoms in total. The van der Waals surface area contributed by atoms with Crippen LogP contribution in [0.4, 0.5) is 4.39 Å². The van der Waals surface area contributed by atoms with E-state index in [1.165, 1.54) is 12.1 Å². The van der Waals surface area contributed by atoms with Gasteiger partial charge in [0.25, 0.3) is 0 Å². The number of carbonyl (C=O) groups is 1. The average molecular weight is 356 g/mol. The van der Waals surface area contributed by atoms with Crippen molar-refractivity contribution < 1.29 is 9.18 Å². The monoisotopic (exact) mass is 356 g/mol. The molecule has 1 unspecified atom stereocenters. The molecule has 0 saturated heterocycles. The van der Waals surface area contributed by atoms with Crippen LogP contribution in [-0.4, -0.2) is 41.4 Å². The van der Waals surface area contributed by atoms with Gasteiger partial charge >= 0.3 is 0 Å². The third-order valence-corrected chi connectivity index (χ3v) is 4.53. The Morgan fingerprint density at radius 2 is 1.38 bits per heavy atom. The minimum atomic E-state index is -0.259. The summed E-state index contributed by atoms with van der Waals surface area (Å²) in [4.78, 5) is 16.8. The lowest BCUT2D eigenvalue weighted by Gasteiger charge is -2.35. The Balaban J connectivity index is 2.30. The summed E-state index contributed by atoms with van der Waals surface area (Å²) < 4.78 is 13.4. The molecule has 140 valence electrons. The molecule has 0 bridgehead atoms. The van der Waals surface area contributed by atoms with Crippen molar-refractivity contribution in [3.63, 3.8) is 0 Å².